The van der Waals surface area contributed by atoms with Gasteiger partial charge in [-0.1, -0.05) is 25.4 Å². The molecule has 0 aliphatic carbocycles. The van der Waals surface area contributed by atoms with Gasteiger partial charge in [0.1, 0.15) is 0 Å². The molecule has 0 spiro atoms. The van der Waals surface area contributed by atoms with Crippen molar-refractivity contribution in [3.8, 4) is 0 Å². The maximum Gasteiger partial charge on any atom is 0.238 e. The molecule has 2 atom stereocenters. The van der Waals surface area contributed by atoms with Crippen LogP contribution in [0, 0.1) is 0 Å². The minimum Gasteiger partial charge on any atom is -0.322 e. The van der Waals surface area contributed by atoms with E-state index in [9.17, 15) is 4.79 Å². The van der Waals surface area contributed by atoms with Gasteiger partial charge in [-0.3, -0.25) is 9.69 Å². The van der Waals surface area contributed by atoms with Crippen LogP contribution in [0.15, 0.2) is 18.3 Å². The predicted molar refractivity (Wildman–Crippen MR) is 85.6 cm³/mol. The van der Waals surface area contributed by atoms with Crippen LogP contribution < -0.4 is 10.6 Å². The van der Waals surface area contributed by atoms with Crippen LogP contribution in [0.4, 0.5) is 5.69 Å². The second-order valence-electron chi connectivity index (χ2n) is 5.39. The molecule has 116 valence electrons. The summed E-state index contributed by atoms with van der Waals surface area (Å²) in [6, 6.07) is 4.39. The van der Waals surface area contributed by atoms with E-state index in [4.69, 9.17) is 11.6 Å². The van der Waals surface area contributed by atoms with Crippen LogP contribution in [-0.4, -0.2) is 47.5 Å². The van der Waals surface area contributed by atoms with E-state index in [2.05, 4.69) is 34.4 Å². The molecular formula is C15H23ClN4O. The van der Waals surface area contributed by atoms with Crippen LogP contribution in [0.5, 0.6) is 0 Å². The summed E-state index contributed by atoms with van der Waals surface area (Å²) in [6.45, 7) is 6.56. The zero-order valence-electron chi connectivity index (χ0n) is 12.6. The van der Waals surface area contributed by atoms with Gasteiger partial charge in [0, 0.05) is 31.4 Å². The van der Waals surface area contributed by atoms with Crippen molar-refractivity contribution in [2.24, 2.45) is 0 Å². The number of piperazine rings is 1. The Morgan fingerprint density at radius 2 is 2.33 bits per heavy atom. The average Bonchev–Trinajstić information content (AvgIpc) is 2.49. The number of aromatic nitrogens is 1. The third kappa shape index (κ3) is 4.40. The molecule has 2 rings (SSSR count). The summed E-state index contributed by atoms with van der Waals surface area (Å²) in [5.74, 6) is -0.0416. The number of rotatable bonds is 5. The first-order valence-electron chi connectivity index (χ1n) is 7.51. The molecule has 1 saturated heterocycles. The number of anilines is 1. The number of nitrogens with zero attached hydrogens (tertiary/aromatic N) is 2. The summed E-state index contributed by atoms with van der Waals surface area (Å²) in [4.78, 5) is 18.4. The lowest BCUT2D eigenvalue weighted by molar-refractivity contribution is -0.118. The molecule has 1 fully saturated rings. The number of hydrogen-bond donors (Lipinski definition) is 2. The maximum atomic E-state index is 12.2. The van der Waals surface area contributed by atoms with Gasteiger partial charge in [-0.2, -0.15) is 0 Å². The fourth-order valence-electron chi connectivity index (χ4n) is 2.65. The molecule has 0 bridgehead atoms. The molecular weight excluding hydrogens is 288 g/mol. The van der Waals surface area contributed by atoms with Crippen LogP contribution in [0.1, 0.15) is 26.7 Å². The summed E-state index contributed by atoms with van der Waals surface area (Å²) >= 11 is 5.96. The van der Waals surface area contributed by atoms with E-state index in [0.29, 0.717) is 29.5 Å². The lowest BCUT2D eigenvalue weighted by atomic mass is 10.1. The first-order valence-corrected chi connectivity index (χ1v) is 7.89. The lowest BCUT2D eigenvalue weighted by Crippen LogP contribution is -2.57. The molecule has 0 radical (unpaired) electrons. The van der Waals surface area contributed by atoms with Gasteiger partial charge in [0.05, 0.1) is 12.2 Å². The Bertz CT molecular complexity index is 482. The van der Waals surface area contributed by atoms with Crippen molar-refractivity contribution >= 4 is 23.2 Å². The Morgan fingerprint density at radius 1 is 1.52 bits per heavy atom. The van der Waals surface area contributed by atoms with Gasteiger partial charge in [0.2, 0.25) is 5.91 Å². The summed E-state index contributed by atoms with van der Waals surface area (Å²) in [6.07, 6.45) is 3.71. The van der Waals surface area contributed by atoms with Crippen molar-refractivity contribution < 1.29 is 4.79 Å². The fourth-order valence-corrected chi connectivity index (χ4v) is 2.82. The van der Waals surface area contributed by atoms with Gasteiger partial charge in [-0.25, -0.2) is 4.98 Å². The Labute approximate surface area is 131 Å². The molecule has 5 nitrogen and oxygen atoms in total. The normalized spacial score (nSPS) is 23.0. The highest BCUT2D eigenvalue weighted by Gasteiger charge is 2.27. The number of halogens is 1. The second-order valence-corrected chi connectivity index (χ2v) is 5.75. The molecule has 6 heteroatoms. The molecule has 2 heterocycles. The number of nitrogens with one attached hydrogen (secondary N) is 2. The fraction of sp³-hybridized carbons (Fsp3) is 0.600. The standard InChI is InChI=1S/C15H23ClN4O/c1-3-11-9-20(12(4-2)8-18-11)10-14(21)19-13-6-5-7-17-15(13)16/h5-7,11-12,18H,3-4,8-10H2,1-2H3,(H,19,21). The van der Waals surface area contributed by atoms with Crippen molar-refractivity contribution in [3.63, 3.8) is 0 Å². The SMILES string of the molecule is CCC1CN(CC(=O)Nc2cccnc2Cl)C(CC)CN1. The number of amides is 1. The van der Waals surface area contributed by atoms with Crippen LogP contribution in [0.2, 0.25) is 5.15 Å². The van der Waals surface area contributed by atoms with Gasteiger partial charge in [0.25, 0.3) is 0 Å². The summed E-state index contributed by atoms with van der Waals surface area (Å²) < 4.78 is 0. The van der Waals surface area contributed by atoms with Crippen molar-refractivity contribution in [2.75, 3.05) is 25.0 Å². The third-order valence-electron chi connectivity index (χ3n) is 3.96. The van der Waals surface area contributed by atoms with E-state index in [-0.39, 0.29) is 5.91 Å². The summed E-state index contributed by atoms with van der Waals surface area (Å²) in [5.41, 5.74) is 0.569. The van der Waals surface area contributed by atoms with Crippen LogP contribution in [0.25, 0.3) is 0 Å². The summed E-state index contributed by atoms with van der Waals surface area (Å²) in [5, 5.41) is 6.69. The largest absolute Gasteiger partial charge is 0.322 e. The van der Waals surface area contributed by atoms with Crippen LogP contribution in [-0.2, 0) is 4.79 Å². The predicted octanol–water partition coefficient (Wildman–Crippen LogP) is 2.14. The number of carbonyl (C=O) groups excluding carboxylic acids is 1. The van der Waals surface area contributed by atoms with Crippen molar-refractivity contribution in [1.29, 1.82) is 0 Å². The van der Waals surface area contributed by atoms with Gasteiger partial charge >= 0.3 is 0 Å². The smallest absolute Gasteiger partial charge is 0.238 e. The molecule has 1 aromatic heterocycles. The van der Waals surface area contributed by atoms with E-state index in [1.807, 2.05) is 0 Å². The Hall–Kier alpha value is -1.17. The second kappa shape index (κ2) is 7.73. The zero-order chi connectivity index (χ0) is 15.2. The topological polar surface area (TPSA) is 57.3 Å². The third-order valence-corrected chi connectivity index (χ3v) is 4.26. The van der Waals surface area contributed by atoms with E-state index in [0.717, 1.165) is 25.9 Å². The number of carbonyl (C=O) groups is 1. The minimum atomic E-state index is -0.0416. The van der Waals surface area contributed by atoms with Crippen molar-refractivity contribution in [2.45, 2.75) is 38.8 Å². The zero-order valence-corrected chi connectivity index (χ0v) is 13.4. The number of pyridine rings is 1. The van der Waals surface area contributed by atoms with Crippen molar-refractivity contribution in [1.82, 2.24) is 15.2 Å². The van der Waals surface area contributed by atoms with Gasteiger partial charge in [-0.15, -0.1) is 0 Å². The molecule has 1 aliphatic heterocycles. The monoisotopic (exact) mass is 310 g/mol. The lowest BCUT2D eigenvalue weighted by Gasteiger charge is -2.39. The van der Waals surface area contributed by atoms with E-state index in [1.165, 1.54) is 0 Å². The molecule has 21 heavy (non-hydrogen) atoms. The van der Waals surface area contributed by atoms with E-state index >= 15 is 0 Å². The molecule has 0 aromatic carbocycles. The molecule has 1 aliphatic rings. The first-order chi connectivity index (χ1) is 10.1. The van der Waals surface area contributed by atoms with E-state index < -0.39 is 0 Å². The van der Waals surface area contributed by atoms with Gasteiger partial charge < -0.3 is 10.6 Å². The highest BCUT2D eigenvalue weighted by atomic mass is 35.5. The minimum absolute atomic E-state index is 0.0416. The molecule has 2 unspecified atom stereocenters. The molecule has 2 N–H and O–H groups in total. The van der Waals surface area contributed by atoms with Gasteiger partial charge in [0.15, 0.2) is 5.15 Å². The first kappa shape index (κ1) is 16.2. The molecule has 0 saturated carbocycles. The Morgan fingerprint density at radius 3 is 3.00 bits per heavy atom. The molecule has 1 aromatic rings. The number of hydrogen-bond acceptors (Lipinski definition) is 4. The van der Waals surface area contributed by atoms with Crippen LogP contribution in [0.3, 0.4) is 0 Å². The van der Waals surface area contributed by atoms with Crippen molar-refractivity contribution in [3.05, 3.63) is 23.5 Å². The highest BCUT2D eigenvalue weighted by Crippen LogP contribution is 2.18. The Balaban J connectivity index is 1.95. The van der Waals surface area contributed by atoms with E-state index in [1.54, 1.807) is 18.3 Å². The highest BCUT2D eigenvalue weighted by molar-refractivity contribution is 6.32. The maximum absolute atomic E-state index is 12.2. The Kier molecular flexibility index (Phi) is 5.96. The van der Waals surface area contributed by atoms with Crippen LogP contribution >= 0.6 is 11.6 Å². The summed E-state index contributed by atoms with van der Waals surface area (Å²) in [7, 11) is 0. The van der Waals surface area contributed by atoms with Gasteiger partial charge in [-0.05, 0) is 25.0 Å². The quantitative estimate of drug-likeness (QED) is 0.818. The average molecular weight is 311 g/mol. The molecule has 1 amide bonds.